The van der Waals surface area contributed by atoms with Crippen LogP contribution in [0.4, 0.5) is 0 Å². The molecule has 3 heteroatoms. The second-order valence-corrected chi connectivity index (χ2v) is 7.68. The summed E-state index contributed by atoms with van der Waals surface area (Å²) in [5, 5.41) is 22.3. The average molecular weight is 388 g/mol. The minimum Gasteiger partial charge on any atom is -0.507 e. The van der Waals surface area contributed by atoms with E-state index in [2.05, 4.69) is 18.5 Å². The molecule has 0 unspecified atom stereocenters. The van der Waals surface area contributed by atoms with E-state index in [-0.39, 0.29) is 11.5 Å². The molecule has 2 aromatic carbocycles. The zero-order valence-electron chi connectivity index (χ0n) is 17.5. The zero-order valence-corrected chi connectivity index (χ0v) is 17.5. The second-order valence-electron chi connectivity index (χ2n) is 7.68. The molecule has 29 heavy (non-hydrogen) atoms. The van der Waals surface area contributed by atoms with Gasteiger partial charge in [0.2, 0.25) is 0 Å². The number of phenolic OH excluding ortho intramolecular Hbond substituents is 2. The third-order valence-corrected chi connectivity index (χ3v) is 5.28. The van der Waals surface area contributed by atoms with Gasteiger partial charge in [0.05, 0.1) is 5.56 Å². The lowest BCUT2D eigenvalue weighted by Crippen LogP contribution is -1.96. The maximum absolute atomic E-state index is 11.4. The smallest absolute Gasteiger partial charge is 0.135 e. The zero-order chi connectivity index (χ0) is 21.0. The summed E-state index contributed by atoms with van der Waals surface area (Å²) >= 11 is 0. The van der Waals surface area contributed by atoms with Gasteiger partial charge in [0, 0.05) is 18.0 Å². The van der Waals surface area contributed by atoms with E-state index in [9.17, 15) is 10.2 Å². The highest BCUT2D eigenvalue weighted by Crippen LogP contribution is 2.48. The Morgan fingerprint density at radius 2 is 1.72 bits per heavy atom. The second kappa shape index (κ2) is 8.95. The van der Waals surface area contributed by atoms with Crippen molar-refractivity contribution in [2.24, 2.45) is 0 Å². The Morgan fingerprint density at radius 3 is 2.38 bits per heavy atom. The summed E-state index contributed by atoms with van der Waals surface area (Å²) < 4.78 is 0. The Morgan fingerprint density at radius 1 is 1.00 bits per heavy atom. The number of hydrogen-bond donors (Lipinski definition) is 2. The fourth-order valence-electron chi connectivity index (χ4n) is 3.81. The first-order valence-corrected chi connectivity index (χ1v) is 10.2. The standard InChI is InChI=1S/C26H29NO2/c1-5-6-7-8-20-16-23(28)25(22-15-18(4)9-10-21(22)17(2)3)26(29)24(20)19-11-13-27-14-12-19/h9-16,28-29H,2,5-8H2,1,3-4H3. The molecule has 0 saturated heterocycles. The van der Waals surface area contributed by atoms with Crippen LogP contribution in [0.5, 0.6) is 11.5 Å². The first-order chi connectivity index (χ1) is 13.9. The van der Waals surface area contributed by atoms with Crippen molar-refractivity contribution in [2.75, 3.05) is 0 Å². The summed E-state index contributed by atoms with van der Waals surface area (Å²) in [6.07, 6.45) is 7.48. The van der Waals surface area contributed by atoms with Crippen molar-refractivity contribution >= 4 is 5.57 Å². The summed E-state index contributed by atoms with van der Waals surface area (Å²) in [7, 11) is 0. The lowest BCUT2D eigenvalue weighted by molar-refractivity contribution is 0.454. The minimum atomic E-state index is 0.0971. The van der Waals surface area contributed by atoms with Gasteiger partial charge in [0.25, 0.3) is 0 Å². The SMILES string of the molecule is C=C(C)c1ccc(C)cc1-c1c(O)cc(CCCCC)c(-c2ccncc2)c1O. The molecule has 2 N–H and O–H groups in total. The van der Waals surface area contributed by atoms with E-state index in [1.807, 2.05) is 50.2 Å². The first kappa shape index (κ1) is 20.7. The molecule has 0 atom stereocenters. The third kappa shape index (κ3) is 4.34. The van der Waals surface area contributed by atoms with E-state index in [0.29, 0.717) is 5.56 Å². The van der Waals surface area contributed by atoms with Gasteiger partial charge in [-0.1, -0.05) is 55.7 Å². The Bertz CT molecular complexity index is 1020. The van der Waals surface area contributed by atoms with E-state index in [0.717, 1.165) is 64.6 Å². The number of aromatic nitrogens is 1. The lowest BCUT2D eigenvalue weighted by Gasteiger charge is -2.19. The number of pyridine rings is 1. The molecule has 0 radical (unpaired) electrons. The molecule has 0 aliphatic rings. The largest absolute Gasteiger partial charge is 0.507 e. The molecule has 0 fully saturated rings. The predicted molar refractivity (Wildman–Crippen MR) is 121 cm³/mol. The topological polar surface area (TPSA) is 53.4 Å². The van der Waals surface area contributed by atoms with Gasteiger partial charge < -0.3 is 10.2 Å². The van der Waals surface area contributed by atoms with Crippen molar-refractivity contribution in [3.05, 3.63) is 72.1 Å². The number of unbranched alkanes of at least 4 members (excludes halogenated alkanes) is 2. The van der Waals surface area contributed by atoms with E-state index in [1.54, 1.807) is 12.4 Å². The molecule has 1 aromatic heterocycles. The summed E-state index contributed by atoms with van der Waals surface area (Å²) in [5.41, 5.74) is 6.73. The maximum Gasteiger partial charge on any atom is 0.135 e. The fourth-order valence-corrected chi connectivity index (χ4v) is 3.81. The monoisotopic (exact) mass is 387 g/mol. The Kier molecular flexibility index (Phi) is 6.38. The van der Waals surface area contributed by atoms with Crippen molar-refractivity contribution in [3.8, 4) is 33.8 Å². The van der Waals surface area contributed by atoms with Gasteiger partial charge in [0.1, 0.15) is 11.5 Å². The number of nitrogens with zero attached hydrogens (tertiary/aromatic N) is 1. The van der Waals surface area contributed by atoms with Crippen molar-refractivity contribution in [2.45, 2.75) is 46.5 Å². The number of hydrogen-bond acceptors (Lipinski definition) is 3. The van der Waals surface area contributed by atoms with Crippen LogP contribution in [0.1, 0.15) is 49.8 Å². The highest BCUT2D eigenvalue weighted by atomic mass is 16.3. The number of rotatable bonds is 7. The summed E-state index contributed by atoms with van der Waals surface area (Å²) in [6.45, 7) is 10.2. The Labute approximate surface area is 173 Å². The number of aryl methyl sites for hydroxylation is 2. The highest BCUT2D eigenvalue weighted by molar-refractivity contribution is 5.92. The molecule has 0 spiro atoms. The van der Waals surface area contributed by atoms with Crippen LogP contribution in [0.3, 0.4) is 0 Å². The van der Waals surface area contributed by atoms with Crippen LogP contribution in [-0.4, -0.2) is 15.2 Å². The molecular weight excluding hydrogens is 358 g/mol. The predicted octanol–water partition coefficient (Wildman–Crippen LogP) is 6.90. The van der Waals surface area contributed by atoms with E-state index < -0.39 is 0 Å². The van der Waals surface area contributed by atoms with E-state index >= 15 is 0 Å². The van der Waals surface area contributed by atoms with Crippen molar-refractivity contribution in [3.63, 3.8) is 0 Å². The van der Waals surface area contributed by atoms with Crippen LogP contribution in [0.15, 0.2) is 55.4 Å². The summed E-state index contributed by atoms with van der Waals surface area (Å²) in [4.78, 5) is 4.11. The van der Waals surface area contributed by atoms with Gasteiger partial charge in [-0.3, -0.25) is 4.98 Å². The average Bonchev–Trinajstić information content (AvgIpc) is 2.68. The molecule has 0 bridgehead atoms. The molecule has 0 aliphatic carbocycles. The molecule has 0 amide bonds. The molecule has 3 rings (SSSR count). The maximum atomic E-state index is 11.4. The van der Waals surface area contributed by atoms with Gasteiger partial charge in [-0.2, -0.15) is 0 Å². The number of aromatic hydroxyl groups is 2. The van der Waals surface area contributed by atoms with Gasteiger partial charge in [-0.15, -0.1) is 0 Å². The van der Waals surface area contributed by atoms with Crippen molar-refractivity contribution in [1.29, 1.82) is 0 Å². The lowest BCUT2D eigenvalue weighted by atomic mass is 9.87. The molecule has 0 saturated carbocycles. The number of benzene rings is 2. The van der Waals surface area contributed by atoms with E-state index in [4.69, 9.17) is 0 Å². The van der Waals surface area contributed by atoms with Crippen LogP contribution in [-0.2, 0) is 6.42 Å². The Hall–Kier alpha value is -3.07. The van der Waals surface area contributed by atoms with Gasteiger partial charge >= 0.3 is 0 Å². The molecule has 0 aliphatic heterocycles. The van der Waals surface area contributed by atoms with Crippen LogP contribution < -0.4 is 0 Å². The molecule has 3 nitrogen and oxygen atoms in total. The van der Waals surface area contributed by atoms with Crippen LogP contribution >= 0.6 is 0 Å². The van der Waals surface area contributed by atoms with Crippen LogP contribution in [0.25, 0.3) is 27.8 Å². The minimum absolute atomic E-state index is 0.0971. The molecule has 3 aromatic rings. The van der Waals surface area contributed by atoms with Gasteiger partial charge in [-0.25, -0.2) is 0 Å². The van der Waals surface area contributed by atoms with Crippen molar-refractivity contribution in [1.82, 2.24) is 4.98 Å². The molecule has 1 heterocycles. The summed E-state index contributed by atoms with van der Waals surface area (Å²) in [5.74, 6) is 0.204. The number of allylic oxidation sites excluding steroid dienone is 1. The van der Waals surface area contributed by atoms with Crippen molar-refractivity contribution < 1.29 is 10.2 Å². The fraction of sp³-hybridized carbons (Fsp3) is 0.269. The Balaban J connectivity index is 2.28. The third-order valence-electron chi connectivity index (χ3n) is 5.28. The normalized spacial score (nSPS) is 10.9. The van der Waals surface area contributed by atoms with Crippen LogP contribution in [0, 0.1) is 6.92 Å². The van der Waals surface area contributed by atoms with Gasteiger partial charge in [-0.05, 0) is 67.1 Å². The van der Waals surface area contributed by atoms with E-state index in [1.165, 1.54) is 0 Å². The highest BCUT2D eigenvalue weighted by Gasteiger charge is 2.22. The molecule has 150 valence electrons. The quantitative estimate of drug-likeness (QED) is 0.433. The van der Waals surface area contributed by atoms with Crippen LogP contribution in [0.2, 0.25) is 0 Å². The molecular formula is C26H29NO2. The number of phenols is 2. The summed E-state index contributed by atoms with van der Waals surface area (Å²) in [6, 6.07) is 11.6. The first-order valence-electron chi connectivity index (χ1n) is 10.2. The van der Waals surface area contributed by atoms with Gasteiger partial charge in [0.15, 0.2) is 0 Å².